The van der Waals surface area contributed by atoms with Gasteiger partial charge in [0.15, 0.2) is 0 Å². The smallest absolute Gasteiger partial charge is 0.139 e. The zero-order valence-corrected chi connectivity index (χ0v) is 13.6. The summed E-state index contributed by atoms with van der Waals surface area (Å²) in [5.41, 5.74) is -0.228. The van der Waals surface area contributed by atoms with Gasteiger partial charge in [-0.05, 0) is 43.9 Å². The molecule has 0 saturated heterocycles. The first-order valence-corrected chi connectivity index (χ1v) is 8.99. The van der Waals surface area contributed by atoms with Crippen LogP contribution in [-0.2, 0) is 4.79 Å². The molecular formula is C19H28O3. The van der Waals surface area contributed by atoms with Crippen LogP contribution in [0.4, 0.5) is 0 Å². The van der Waals surface area contributed by atoms with Crippen molar-refractivity contribution in [2.45, 2.75) is 76.9 Å². The molecule has 0 unspecified atom stereocenters. The molecule has 0 amide bonds. The van der Waals surface area contributed by atoms with Crippen molar-refractivity contribution in [2.24, 2.45) is 23.2 Å². The lowest BCUT2D eigenvalue weighted by Gasteiger charge is -2.54. The maximum Gasteiger partial charge on any atom is 0.139 e. The van der Waals surface area contributed by atoms with Crippen molar-refractivity contribution in [3.05, 3.63) is 0 Å². The number of aliphatic hydroxyl groups excluding tert-OH is 2. The van der Waals surface area contributed by atoms with Gasteiger partial charge >= 0.3 is 0 Å². The molecule has 0 heterocycles. The molecule has 3 rings (SSSR count). The van der Waals surface area contributed by atoms with E-state index in [1.54, 1.807) is 0 Å². The first kappa shape index (κ1) is 16.0. The highest BCUT2D eigenvalue weighted by atomic mass is 16.3. The van der Waals surface area contributed by atoms with Crippen LogP contribution in [0.1, 0.15) is 64.7 Å². The van der Waals surface area contributed by atoms with Gasteiger partial charge in [0.05, 0.1) is 12.0 Å². The molecule has 0 radical (unpaired) electrons. The van der Waals surface area contributed by atoms with Crippen LogP contribution in [0.2, 0.25) is 0 Å². The van der Waals surface area contributed by atoms with E-state index in [9.17, 15) is 15.0 Å². The molecule has 3 aliphatic carbocycles. The van der Waals surface area contributed by atoms with Gasteiger partial charge in [-0.25, -0.2) is 0 Å². The van der Waals surface area contributed by atoms with Crippen molar-refractivity contribution in [3.8, 4) is 11.8 Å². The molecule has 2 N–H and O–H groups in total. The number of hydrogen-bond acceptors (Lipinski definition) is 3. The number of Topliss-reactive ketones (excluding diaryl/α,β-unsaturated/α-hetero) is 1. The normalized spacial score (nSPS) is 40.1. The third kappa shape index (κ3) is 2.61. The number of aliphatic hydroxyl groups is 2. The van der Waals surface area contributed by atoms with E-state index >= 15 is 0 Å². The van der Waals surface area contributed by atoms with Crippen LogP contribution in [0, 0.1) is 35.0 Å². The molecule has 0 aromatic rings. The highest BCUT2D eigenvalue weighted by Gasteiger charge is 2.59. The predicted molar refractivity (Wildman–Crippen MR) is 84.9 cm³/mol. The van der Waals surface area contributed by atoms with E-state index in [0.29, 0.717) is 24.5 Å². The Hall–Kier alpha value is -0.850. The summed E-state index contributed by atoms with van der Waals surface area (Å²) in [7, 11) is 0. The summed E-state index contributed by atoms with van der Waals surface area (Å²) >= 11 is 0. The van der Waals surface area contributed by atoms with Crippen LogP contribution >= 0.6 is 0 Å². The molecule has 122 valence electrons. The molecule has 22 heavy (non-hydrogen) atoms. The minimum absolute atomic E-state index is 0.135. The molecule has 0 spiro atoms. The molecule has 5 atom stereocenters. The number of fused-ring (bicyclic) bond motifs is 1. The van der Waals surface area contributed by atoms with E-state index in [4.69, 9.17) is 0 Å². The van der Waals surface area contributed by atoms with Crippen molar-refractivity contribution in [1.29, 1.82) is 0 Å². The lowest BCUT2D eigenvalue weighted by Crippen LogP contribution is -2.58. The Labute approximate surface area is 133 Å². The van der Waals surface area contributed by atoms with E-state index in [-0.39, 0.29) is 17.3 Å². The van der Waals surface area contributed by atoms with Gasteiger partial charge in [0.1, 0.15) is 11.9 Å². The molecular weight excluding hydrogens is 276 g/mol. The maximum absolute atomic E-state index is 12.1. The molecule has 3 saturated carbocycles. The van der Waals surface area contributed by atoms with Crippen LogP contribution in [-0.4, -0.2) is 28.2 Å². The Morgan fingerprint density at radius 2 is 2.00 bits per heavy atom. The second-order valence-electron chi connectivity index (χ2n) is 7.51. The van der Waals surface area contributed by atoms with Crippen molar-refractivity contribution in [3.63, 3.8) is 0 Å². The van der Waals surface area contributed by atoms with E-state index < -0.39 is 12.2 Å². The highest BCUT2D eigenvalue weighted by molar-refractivity contribution is 5.91. The largest absolute Gasteiger partial charge is 0.392 e. The molecule has 0 aromatic carbocycles. The Morgan fingerprint density at radius 1 is 1.27 bits per heavy atom. The molecule has 0 bridgehead atoms. The monoisotopic (exact) mass is 304 g/mol. The Morgan fingerprint density at radius 3 is 2.64 bits per heavy atom. The van der Waals surface area contributed by atoms with Gasteiger partial charge in [-0.1, -0.05) is 38.0 Å². The van der Waals surface area contributed by atoms with E-state index in [0.717, 1.165) is 25.7 Å². The Balaban J connectivity index is 1.71. The molecule has 3 fully saturated rings. The third-order valence-electron chi connectivity index (χ3n) is 6.53. The van der Waals surface area contributed by atoms with Gasteiger partial charge in [-0.15, -0.1) is 0 Å². The average Bonchev–Trinajstić information content (AvgIpc) is 2.54. The lowest BCUT2D eigenvalue weighted by molar-refractivity contribution is -0.160. The number of ketones is 1. The minimum atomic E-state index is -0.568. The van der Waals surface area contributed by atoms with Crippen LogP contribution in [0.3, 0.4) is 0 Å². The average molecular weight is 304 g/mol. The topological polar surface area (TPSA) is 57.5 Å². The van der Waals surface area contributed by atoms with Gasteiger partial charge in [-0.3, -0.25) is 4.79 Å². The fourth-order valence-corrected chi connectivity index (χ4v) is 4.90. The molecule has 3 heteroatoms. The first-order valence-electron chi connectivity index (χ1n) is 8.99. The van der Waals surface area contributed by atoms with E-state index in [1.165, 1.54) is 19.3 Å². The Kier molecular flexibility index (Phi) is 4.61. The zero-order chi connectivity index (χ0) is 15.7. The summed E-state index contributed by atoms with van der Waals surface area (Å²) in [6.07, 6.45) is 7.62. The van der Waals surface area contributed by atoms with Crippen molar-refractivity contribution in [2.75, 3.05) is 0 Å². The molecule has 3 nitrogen and oxygen atoms in total. The van der Waals surface area contributed by atoms with Crippen molar-refractivity contribution < 1.29 is 15.0 Å². The summed E-state index contributed by atoms with van der Waals surface area (Å²) in [4.78, 5) is 12.1. The lowest BCUT2D eigenvalue weighted by atomic mass is 9.48. The second-order valence-corrected chi connectivity index (χ2v) is 7.51. The van der Waals surface area contributed by atoms with E-state index in [2.05, 4.69) is 18.8 Å². The quantitative estimate of drug-likeness (QED) is 0.771. The van der Waals surface area contributed by atoms with Crippen molar-refractivity contribution >= 4 is 5.78 Å². The maximum atomic E-state index is 12.1. The predicted octanol–water partition coefficient (Wildman–Crippen LogP) is 2.69. The summed E-state index contributed by atoms with van der Waals surface area (Å²) in [5.74, 6) is 6.91. The highest BCUT2D eigenvalue weighted by Crippen LogP contribution is 2.57. The van der Waals surface area contributed by atoms with Crippen molar-refractivity contribution in [1.82, 2.24) is 0 Å². The van der Waals surface area contributed by atoms with Gasteiger partial charge < -0.3 is 10.2 Å². The zero-order valence-electron chi connectivity index (χ0n) is 13.6. The summed E-state index contributed by atoms with van der Waals surface area (Å²) in [6, 6.07) is 0. The van der Waals surface area contributed by atoms with Gasteiger partial charge in [0, 0.05) is 11.8 Å². The molecule has 3 aliphatic rings. The number of carbonyl (C=O) groups excluding carboxylic acids is 1. The fourth-order valence-electron chi connectivity index (χ4n) is 4.90. The SMILES string of the molecule is CC[C@]12CC[C@@H](O)[C@H](C#C[C@@H](O)C3CCCCC3)[C@H]1CC2=O. The van der Waals surface area contributed by atoms with Crippen LogP contribution in [0.15, 0.2) is 0 Å². The molecule has 0 aromatic heterocycles. The van der Waals surface area contributed by atoms with Gasteiger partial charge in [0.2, 0.25) is 0 Å². The van der Waals surface area contributed by atoms with E-state index in [1.807, 2.05) is 0 Å². The Bertz CT molecular complexity index is 483. The fraction of sp³-hybridized carbons (Fsp3) is 0.842. The van der Waals surface area contributed by atoms with Gasteiger partial charge in [0.25, 0.3) is 0 Å². The second kappa shape index (κ2) is 6.34. The number of carbonyl (C=O) groups is 1. The van der Waals surface area contributed by atoms with Crippen LogP contribution < -0.4 is 0 Å². The molecule has 0 aliphatic heterocycles. The standard InChI is InChI=1S/C19H28O3/c1-2-19-11-10-17(21)14(15(19)12-18(19)22)8-9-16(20)13-6-4-3-5-7-13/h13-17,20-21H,2-7,10-12H2,1H3/t14-,15-,16-,17-,19+/m1/s1. The third-order valence-corrected chi connectivity index (χ3v) is 6.53. The first-order chi connectivity index (χ1) is 10.6. The summed E-state index contributed by atoms with van der Waals surface area (Å²) < 4.78 is 0. The van der Waals surface area contributed by atoms with Gasteiger partial charge in [-0.2, -0.15) is 0 Å². The van der Waals surface area contributed by atoms with Crippen LogP contribution in [0.25, 0.3) is 0 Å². The number of rotatable bonds is 2. The summed E-state index contributed by atoms with van der Waals surface area (Å²) in [6.45, 7) is 2.07. The summed E-state index contributed by atoms with van der Waals surface area (Å²) in [5, 5.41) is 20.6. The number of hydrogen-bond donors (Lipinski definition) is 2. The van der Waals surface area contributed by atoms with Crippen LogP contribution in [0.5, 0.6) is 0 Å². The minimum Gasteiger partial charge on any atom is -0.392 e.